The van der Waals surface area contributed by atoms with E-state index in [-0.39, 0.29) is 12.2 Å². The van der Waals surface area contributed by atoms with E-state index >= 15 is 0 Å². The van der Waals surface area contributed by atoms with Crippen molar-refractivity contribution in [2.24, 2.45) is 5.14 Å². The van der Waals surface area contributed by atoms with Crippen molar-refractivity contribution in [2.75, 3.05) is 5.75 Å². The number of imidazole rings is 1. The van der Waals surface area contributed by atoms with Crippen LogP contribution in [-0.2, 0) is 10.0 Å². The molecule has 2 N–H and O–H groups in total. The second-order valence-electron chi connectivity index (χ2n) is 5.08. The fourth-order valence-electron chi connectivity index (χ4n) is 2.02. The molecule has 7 heteroatoms. The zero-order valence-corrected chi connectivity index (χ0v) is 13.2. The van der Waals surface area contributed by atoms with Crippen molar-refractivity contribution in [3.05, 3.63) is 60.6 Å². The Hall–Kier alpha value is -2.25. The van der Waals surface area contributed by atoms with E-state index in [2.05, 4.69) is 29.8 Å². The van der Waals surface area contributed by atoms with Gasteiger partial charge in [-0.25, -0.2) is 23.1 Å². The van der Waals surface area contributed by atoms with Gasteiger partial charge in [0.05, 0.1) is 11.4 Å². The molecule has 6 nitrogen and oxygen atoms in total. The second-order valence-corrected chi connectivity index (χ2v) is 6.82. The lowest BCUT2D eigenvalue weighted by atomic mass is 9.96. The average Bonchev–Trinajstić information content (AvgIpc) is 2.88. The molecule has 2 aromatic heterocycles. The highest BCUT2D eigenvalue weighted by molar-refractivity contribution is 7.89. The number of sulfonamides is 1. The Balaban J connectivity index is 2.23. The van der Waals surface area contributed by atoms with Crippen molar-refractivity contribution in [3.63, 3.8) is 0 Å². The quantitative estimate of drug-likeness (QED) is 0.823. The zero-order valence-electron chi connectivity index (χ0n) is 12.4. The molecule has 0 unspecified atom stereocenters. The minimum absolute atomic E-state index is 0.175. The van der Waals surface area contributed by atoms with Crippen LogP contribution in [0.15, 0.2) is 49.3 Å². The first-order chi connectivity index (χ1) is 10.2. The topological polar surface area (TPSA) is 90.4 Å². The molecule has 0 bridgehead atoms. The van der Waals surface area contributed by atoms with Crippen LogP contribution in [0.2, 0.25) is 0 Å². The smallest absolute Gasteiger partial charge is 0.209 e. The van der Waals surface area contributed by atoms with Gasteiger partial charge in [-0.3, -0.25) is 0 Å². The lowest BCUT2D eigenvalue weighted by Crippen LogP contribution is -2.17. The Bertz CT molecular complexity index is 878. The molecule has 0 aliphatic rings. The number of rotatable bonds is 6. The predicted molar refractivity (Wildman–Crippen MR) is 87.6 cm³/mol. The molecule has 0 fully saturated rings. The van der Waals surface area contributed by atoms with Crippen molar-refractivity contribution < 1.29 is 8.42 Å². The number of nitrogens with zero attached hydrogens (tertiary/aromatic N) is 3. The molecule has 2 aromatic rings. The standard InChI is InChI=1S/C15H18N4O2S/c1-10(5-8-22(16,20)21)12(3)13(4)15-11(2)9-14-17-6-7-19(14)18-15/h6-7,9H,1,3-5,8H2,2H3,(H2,16,20,21). The van der Waals surface area contributed by atoms with Gasteiger partial charge < -0.3 is 0 Å². The summed E-state index contributed by atoms with van der Waals surface area (Å²) in [5.74, 6) is -0.175. The molecule has 2 heterocycles. The number of hydrogen-bond acceptors (Lipinski definition) is 4. The maximum Gasteiger partial charge on any atom is 0.209 e. The van der Waals surface area contributed by atoms with E-state index in [9.17, 15) is 8.42 Å². The van der Waals surface area contributed by atoms with Crippen LogP contribution in [0.4, 0.5) is 0 Å². The largest absolute Gasteiger partial charge is 0.236 e. The second kappa shape index (κ2) is 5.86. The molecule has 0 radical (unpaired) electrons. The van der Waals surface area contributed by atoms with Gasteiger partial charge in [0.2, 0.25) is 10.0 Å². The van der Waals surface area contributed by atoms with Gasteiger partial charge >= 0.3 is 0 Å². The van der Waals surface area contributed by atoms with E-state index in [1.807, 2.05) is 13.0 Å². The number of fused-ring (bicyclic) bond motifs is 1. The van der Waals surface area contributed by atoms with Crippen LogP contribution >= 0.6 is 0 Å². The molecular formula is C15H18N4O2S. The maximum absolute atomic E-state index is 11.0. The molecule has 0 atom stereocenters. The van der Waals surface area contributed by atoms with Crippen molar-refractivity contribution in [3.8, 4) is 0 Å². The lowest BCUT2D eigenvalue weighted by Gasteiger charge is -2.13. The number of nitrogens with two attached hydrogens (primary N) is 1. The van der Waals surface area contributed by atoms with Crippen LogP contribution in [0.1, 0.15) is 17.7 Å². The highest BCUT2D eigenvalue weighted by Crippen LogP contribution is 2.27. The van der Waals surface area contributed by atoms with Crippen molar-refractivity contribution in [2.45, 2.75) is 13.3 Å². The number of aromatic nitrogens is 3. The summed E-state index contributed by atoms with van der Waals surface area (Å²) in [6.45, 7) is 13.7. The Morgan fingerprint density at radius 2 is 2.05 bits per heavy atom. The average molecular weight is 318 g/mol. The molecule has 22 heavy (non-hydrogen) atoms. The van der Waals surface area contributed by atoms with Crippen molar-refractivity contribution >= 4 is 21.2 Å². The van der Waals surface area contributed by atoms with Crippen LogP contribution < -0.4 is 5.14 Å². The molecule has 0 aliphatic heterocycles. The fraction of sp³-hybridized carbons (Fsp3) is 0.200. The highest BCUT2D eigenvalue weighted by atomic mass is 32.2. The minimum atomic E-state index is -3.53. The number of allylic oxidation sites excluding steroid dienone is 3. The normalized spacial score (nSPS) is 11.5. The van der Waals surface area contributed by atoms with E-state index in [0.717, 1.165) is 11.2 Å². The summed E-state index contributed by atoms with van der Waals surface area (Å²) in [6.07, 6.45) is 3.61. The lowest BCUT2D eigenvalue weighted by molar-refractivity contribution is 0.597. The first-order valence-electron chi connectivity index (χ1n) is 6.57. The zero-order chi connectivity index (χ0) is 16.5. The summed E-state index contributed by atoms with van der Waals surface area (Å²) in [7, 11) is -3.53. The van der Waals surface area contributed by atoms with E-state index in [0.29, 0.717) is 22.4 Å². The summed E-state index contributed by atoms with van der Waals surface area (Å²) in [6, 6.07) is 1.90. The van der Waals surface area contributed by atoms with Crippen LogP contribution in [0, 0.1) is 6.92 Å². The minimum Gasteiger partial charge on any atom is -0.236 e. The van der Waals surface area contributed by atoms with Gasteiger partial charge in [-0.1, -0.05) is 19.7 Å². The van der Waals surface area contributed by atoms with Gasteiger partial charge in [0.15, 0.2) is 5.65 Å². The van der Waals surface area contributed by atoms with Gasteiger partial charge in [-0.05, 0) is 36.1 Å². The number of hydrogen-bond donors (Lipinski definition) is 1. The van der Waals surface area contributed by atoms with Crippen LogP contribution in [-0.4, -0.2) is 28.8 Å². The molecule has 0 saturated carbocycles. The summed E-state index contributed by atoms with van der Waals surface area (Å²) >= 11 is 0. The van der Waals surface area contributed by atoms with Crippen LogP contribution in [0.5, 0.6) is 0 Å². The molecular weight excluding hydrogens is 300 g/mol. The van der Waals surface area contributed by atoms with Gasteiger partial charge in [0.25, 0.3) is 0 Å². The van der Waals surface area contributed by atoms with Gasteiger partial charge in [-0.15, -0.1) is 0 Å². The molecule has 0 saturated heterocycles. The highest BCUT2D eigenvalue weighted by Gasteiger charge is 2.14. The van der Waals surface area contributed by atoms with Gasteiger partial charge in [0, 0.05) is 18.0 Å². The summed E-state index contributed by atoms with van der Waals surface area (Å²) in [4.78, 5) is 4.17. The summed E-state index contributed by atoms with van der Waals surface area (Å²) in [5.41, 5.74) is 4.07. The van der Waals surface area contributed by atoms with Crippen molar-refractivity contribution in [1.29, 1.82) is 0 Å². The van der Waals surface area contributed by atoms with E-state index in [1.165, 1.54) is 0 Å². The molecule has 0 spiro atoms. The molecule has 0 aromatic carbocycles. The first-order valence-corrected chi connectivity index (χ1v) is 8.29. The van der Waals surface area contributed by atoms with E-state index < -0.39 is 10.0 Å². The van der Waals surface area contributed by atoms with E-state index in [1.54, 1.807) is 16.9 Å². The Labute approximate surface area is 129 Å². The Kier molecular flexibility index (Phi) is 4.30. The Morgan fingerprint density at radius 3 is 2.68 bits per heavy atom. The van der Waals surface area contributed by atoms with Crippen LogP contribution in [0.3, 0.4) is 0 Å². The Morgan fingerprint density at radius 1 is 1.36 bits per heavy atom. The monoisotopic (exact) mass is 318 g/mol. The van der Waals surface area contributed by atoms with E-state index in [4.69, 9.17) is 5.14 Å². The molecule has 0 aliphatic carbocycles. The molecule has 2 rings (SSSR count). The van der Waals surface area contributed by atoms with Crippen LogP contribution in [0.25, 0.3) is 11.2 Å². The fourth-order valence-corrected chi connectivity index (χ4v) is 2.55. The third-order valence-corrected chi connectivity index (χ3v) is 4.11. The third-order valence-electron chi connectivity index (χ3n) is 3.34. The summed E-state index contributed by atoms with van der Waals surface area (Å²) in [5, 5.41) is 9.46. The SMILES string of the molecule is C=C(CCS(N)(=O)=O)C(=C)C(=C)c1nn2ccnc2cc1C. The molecule has 0 amide bonds. The number of aryl methyl sites for hydroxylation is 1. The van der Waals surface area contributed by atoms with Gasteiger partial charge in [0.1, 0.15) is 0 Å². The number of primary sulfonamides is 1. The predicted octanol–water partition coefficient (Wildman–Crippen LogP) is 1.84. The third kappa shape index (κ3) is 3.49. The van der Waals surface area contributed by atoms with Gasteiger partial charge in [-0.2, -0.15) is 5.10 Å². The first kappa shape index (κ1) is 16.1. The summed E-state index contributed by atoms with van der Waals surface area (Å²) < 4.78 is 23.7. The van der Waals surface area contributed by atoms with Crippen molar-refractivity contribution in [1.82, 2.24) is 14.6 Å². The molecule has 116 valence electrons. The maximum atomic E-state index is 11.0.